The molecule has 14 heavy (non-hydrogen) atoms. The first-order valence-electron chi connectivity index (χ1n) is 4.31. The van der Waals surface area contributed by atoms with Gasteiger partial charge in [0.1, 0.15) is 0 Å². The van der Waals surface area contributed by atoms with E-state index in [-0.39, 0.29) is 6.04 Å². The molecule has 0 radical (unpaired) electrons. The Morgan fingerprint density at radius 1 is 1.64 bits per heavy atom. The van der Waals surface area contributed by atoms with Gasteiger partial charge in [-0.1, -0.05) is 0 Å². The molecule has 82 valence electrons. The maximum atomic E-state index is 11.3. The summed E-state index contributed by atoms with van der Waals surface area (Å²) in [6, 6.07) is -0.107. The number of rotatable bonds is 4. The van der Waals surface area contributed by atoms with Crippen molar-refractivity contribution in [2.45, 2.75) is 12.5 Å². The van der Waals surface area contributed by atoms with Crippen molar-refractivity contribution in [1.29, 1.82) is 0 Å². The molecular formula is C7H14N2O4S. The Labute approximate surface area is 83.1 Å². The van der Waals surface area contributed by atoms with Gasteiger partial charge in [0.2, 0.25) is 10.0 Å². The van der Waals surface area contributed by atoms with Crippen molar-refractivity contribution in [3.8, 4) is 0 Å². The molecule has 2 N–H and O–H groups in total. The summed E-state index contributed by atoms with van der Waals surface area (Å²) < 4.78 is 29.3. The second-order valence-electron chi connectivity index (χ2n) is 3.14. The SMILES string of the molecule is COC(=O)CS(=O)(=O)N[C@H]1CCNC1. The molecule has 0 unspecified atom stereocenters. The minimum atomic E-state index is -3.54. The fourth-order valence-corrected chi connectivity index (χ4v) is 2.49. The highest BCUT2D eigenvalue weighted by Gasteiger charge is 2.23. The predicted octanol–water partition coefficient (Wildman–Crippen LogP) is -1.56. The summed E-state index contributed by atoms with van der Waals surface area (Å²) in [6.45, 7) is 1.41. The number of carbonyl (C=O) groups excluding carboxylic acids is 1. The van der Waals surface area contributed by atoms with Gasteiger partial charge in [-0.15, -0.1) is 0 Å². The molecule has 1 saturated heterocycles. The van der Waals surface area contributed by atoms with Crippen molar-refractivity contribution in [1.82, 2.24) is 10.0 Å². The van der Waals surface area contributed by atoms with E-state index in [1.807, 2.05) is 0 Å². The van der Waals surface area contributed by atoms with Crippen LogP contribution in [-0.2, 0) is 19.6 Å². The molecule has 1 atom stereocenters. The molecule has 1 heterocycles. The average molecular weight is 222 g/mol. The molecule has 0 aliphatic carbocycles. The van der Waals surface area contributed by atoms with Crippen LogP contribution in [0.3, 0.4) is 0 Å². The third-order valence-corrected chi connectivity index (χ3v) is 3.25. The van der Waals surface area contributed by atoms with E-state index in [0.29, 0.717) is 6.54 Å². The number of carbonyl (C=O) groups is 1. The van der Waals surface area contributed by atoms with Crippen molar-refractivity contribution in [3.05, 3.63) is 0 Å². The smallest absolute Gasteiger partial charge is 0.322 e. The van der Waals surface area contributed by atoms with Gasteiger partial charge < -0.3 is 10.1 Å². The zero-order chi connectivity index (χ0) is 10.6. The van der Waals surface area contributed by atoms with Gasteiger partial charge in [-0.05, 0) is 13.0 Å². The highest BCUT2D eigenvalue weighted by atomic mass is 32.2. The fraction of sp³-hybridized carbons (Fsp3) is 0.857. The first-order chi connectivity index (χ1) is 6.53. The number of hydrogen-bond donors (Lipinski definition) is 2. The van der Waals surface area contributed by atoms with E-state index in [1.165, 1.54) is 0 Å². The van der Waals surface area contributed by atoms with Crippen LogP contribution in [-0.4, -0.2) is 46.4 Å². The molecule has 0 spiro atoms. The largest absolute Gasteiger partial charge is 0.468 e. The van der Waals surface area contributed by atoms with Crippen LogP contribution in [0, 0.1) is 0 Å². The van der Waals surface area contributed by atoms with E-state index in [4.69, 9.17) is 0 Å². The number of esters is 1. The maximum Gasteiger partial charge on any atom is 0.322 e. The highest BCUT2D eigenvalue weighted by molar-refractivity contribution is 7.90. The molecular weight excluding hydrogens is 208 g/mol. The predicted molar refractivity (Wildman–Crippen MR) is 50.2 cm³/mol. The molecule has 1 rings (SSSR count). The second-order valence-corrected chi connectivity index (χ2v) is 4.90. The summed E-state index contributed by atoms with van der Waals surface area (Å²) >= 11 is 0. The maximum absolute atomic E-state index is 11.3. The van der Waals surface area contributed by atoms with Gasteiger partial charge in [-0.2, -0.15) is 0 Å². The van der Waals surface area contributed by atoms with Crippen LogP contribution in [0.15, 0.2) is 0 Å². The van der Waals surface area contributed by atoms with E-state index < -0.39 is 21.7 Å². The van der Waals surface area contributed by atoms with Crippen LogP contribution >= 0.6 is 0 Å². The van der Waals surface area contributed by atoms with Crippen LogP contribution < -0.4 is 10.0 Å². The summed E-state index contributed by atoms with van der Waals surface area (Å²) in [5.41, 5.74) is 0. The van der Waals surface area contributed by atoms with E-state index in [0.717, 1.165) is 20.1 Å². The van der Waals surface area contributed by atoms with Gasteiger partial charge in [-0.3, -0.25) is 4.79 Å². The minimum Gasteiger partial charge on any atom is -0.468 e. The summed E-state index contributed by atoms with van der Waals surface area (Å²) in [6.07, 6.45) is 0.750. The summed E-state index contributed by atoms with van der Waals surface area (Å²) in [4.78, 5) is 10.7. The molecule has 0 bridgehead atoms. The Hall–Kier alpha value is -0.660. The van der Waals surface area contributed by atoms with Crippen LogP contribution in [0.1, 0.15) is 6.42 Å². The molecule has 7 heteroatoms. The van der Waals surface area contributed by atoms with Crippen molar-refractivity contribution in [3.63, 3.8) is 0 Å². The lowest BCUT2D eigenvalue weighted by Gasteiger charge is -2.10. The summed E-state index contributed by atoms with van der Waals surface area (Å²) in [7, 11) is -2.38. The van der Waals surface area contributed by atoms with Crippen molar-refractivity contribution < 1.29 is 17.9 Å². The molecule has 0 aromatic heterocycles. The Kier molecular flexibility index (Phi) is 3.85. The molecule has 0 aromatic rings. The standard InChI is InChI=1S/C7H14N2O4S/c1-13-7(10)5-14(11,12)9-6-2-3-8-4-6/h6,8-9H,2-5H2,1H3/t6-/m0/s1. The first-order valence-corrected chi connectivity index (χ1v) is 5.96. The third kappa shape index (κ3) is 3.60. The van der Waals surface area contributed by atoms with E-state index in [1.54, 1.807) is 0 Å². The number of hydrogen-bond acceptors (Lipinski definition) is 5. The molecule has 0 amide bonds. The third-order valence-electron chi connectivity index (χ3n) is 1.94. The lowest BCUT2D eigenvalue weighted by Crippen LogP contribution is -2.39. The van der Waals surface area contributed by atoms with Crippen LogP contribution in [0.25, 0.3) is 0 Å². The molecule has 1 fully saturated rings. The number of ether oxygens (including phenoxy) is 1. The summed E-state index contributed by atoms with van der Waals surface area (Å²) in [5.74, 6) is -1.36. The van der Waals surface area contributed by atoms with Gasteiger partial charge in [-0.25, -0.2) is 13.1 Å². The minimum absolute atomic E-state index is 0.107. The quantitative estimate of drug-likeness (QED) is 0.562. The molecule has 0 saturated carbocycles. The Balaban J connectivity index is 2.44. The van der Waals surface area contributed by atoms with E-state index in [2.05, 4.69) is 14.8 Å². The number of methoxy groups -OCH3 is 1. The molecule has 6 nitrogen and oxygen atoms in total. The summed E-state index contributed by atoms with van der Waals surface area (Å²) in [5, 5.41) is 3.02. The molecule has 0 aromatic carbocycles. The fourth-order valence-electron chi connectivity index (χ4n) is 1.26. The molecule has 1 aliphatic rings. The van der Waals surface area contributed by atoms with E-state index in [9.17, 15) is 13.2 Å². The number of sulfonamides is 1. The van der Waals surface area contributed by atoms with E-state index >= 15 is 0 Å². The lowest BCUT2D eigenvalue weighted by molar-refractivity contribution is -0.137. The van der Waals surface area contributed by atoms with Gasteiger partial charge in [0.05, 0.1) is 7.11 Å². The van der Waals surface area contributed by atoms with Crippen LogP contribution in [0.5, 0.6) is 0 Å². The average Bonchev–Trinajstić information content (AvgIpc) is 2.54. The van der Waals surface area contributed by atoms with Gasteiger partial charge in [0.25, 0.3) is 0 Å². The van der Waals surface area contributed by atoms with Crippen molar-refractivity contribution in [2.24, 2.45) is 0 Å². The monoisotopic (exact) mass is 222 g/mol. The van der Waals surface area contributed by atoms with Crippen molar-refractivity contribution in [2.75, 3.05) is 26.0 Å². The Morgan fingerprint density at radius 2 is 2.36 bits per heavy atom. The molecule has 1 aliphatic heterocycles. The van der Waals surface area contributed by atoms with Crippen LogP contribution in [0.4, 0.5) is 0 Å². The topological polar surface area (TPSA) is 84.5 Å². The first kappa shape index (κ1) is 11.4. The highest BCUT2D eigenvalue weighted by Crippen LogP contribution is 2.00. The Bertz CT molecular complexity index is 295. The Morgan fingerprint density at radius 3 is 2.86 bits per heavy atom. The van der Waals surface area contributed by atoms with Crippen LogP contribution in [0.2, 0.25) is 0 Å². The van der Waals surface area contributed by atoms with Crippen molar-refractivity contribution >= 4 is 16.0 Å². The van der Waals surface area contributed by atoms with Gasteiger partial charge >= 0.3 is 5.97 Å². The zero-order valence-corrected chi connectivity index (χ0v) is 8.76. The van der Waals surface area contributed by atoms with Gasteiger partial charge in [0.15, 0.2) is 5.75 Å². The lowest BCUT2D eigenvalue weighted by atomic mass is 10.3. The second kappa shape index (κ2) is 4.72. The zero-order valence-electron chi connectivity index (χ0n) is 7.95. The number of nitrogens with one attached hydrogen (secondary N) is 2. The van der Waals surface area contributed by atoms with Gasteiger partial charge in [0, 0.05) is 12.6 Å². The normalized spacial score (nSPS) is 22.2.